The molecule has 2 nitrogen and oxygen atoms in total. The number of aromatic nitrogens is 1. The van der Waals surface area contributed by atoms with E-state index in [1.165, 1.54) is 10.4 Å². The second-order valence-corrected chi connectivity index (χ2v) is 12.6. The molecule has 0 radical (unpaired) electrons. The molecule has 0 fully saturated rings. The standard InChI is InChI=1S/C22H24BrNOSi/c1-22(2,3)26(20-10-6-4-7-11-20,21-12-8-5-9-13-21)25-17-19-16-18(23)14-15-24-19/h4-16H,17H2,1-3H3. The molecule has 0 saturated carbocycles. The van der Waals surface area contributed by atoms with Crippen LogP contribution in [0.15, 0.2) is 83.5 Å². The highest BCUT2D eigenvalue weighted by Crippen LogP contribution is 2.37. The zero-order valence-electron chi connectivity index (χ0n) is 15.4. The molecule has 2 aromatic carbocycles. The molecular formula is C22H24BrNOSi. The lowest BCUT2D eigenvalue weighted by Crippen LogP contribution is -2.66. The number of nitrogens with zero attached hydrogens (tertiary/aromatic N) is 1. The summed E-state index contributed by atoms with van der Waals surface area (Å²) < 4.78 is 7.88. The normalized spacial score (nSPS) is 12.2. The summed E-state index contributed by atoms with van der Waals surface area (Å²) in [7, 11) is -2.50. The maximum atomic E-state index is 6.86. The van der Waals surface area contributed by atoms with Crippen LogP contribution in [-0.2, 0) is 11.0 Å². The second kappa shape index (κ2) is 7.87. The van der Waals surface area contributed by atoms with Crippen molar-refractivity contribution in [1.29, 1.82) is 0 Å². The van der Waals surface area contributed by atoms with Crippen LogP contribution < -0.4 is 10.4 Å². The Morgan fingerprint density at radius 3 is 1.88 bits per heavy atom. The van der Waals surface area contributed by atoms with Crippen LogP contribution in [0.3, 0.4) is 0 Å². The maximum Gasteiger partial charge on any atom is 0.261 e. The van der Waals surface area contributed by atoms with Crippen molar-refractivity contribution >= 4 is 34.6 Å². The Labute approximate surface area is 165 Å². The molecule has 1 aromatic heterocycles. The molecule has 0 aliphatic heterocycles. The second-order valence-electron chi connectivity index (χ2n) is 7.42. The molecule has 3 rings (SSSR count). The third-order valence-electron chi connectivity index (χ3n) is 4.63. The largest absolute Gasteiger partial charge is 0.401 e. The summed E-state index contributed by atoms with van der Waals surface area (Å²) in [5.41, 5.74) is 0.937. The highest BCUT2D eigenvalue weighted by Gasteiger charge is 2.50. The molecule has 0 saturated heterocycles. The zero-order chi connectivity index (χ0) is 18.6. The smallest absolute Gasteiger partial charge is 0.261 e. The van der Waals surface area contributed by atoms with Gasteiger partial charge in [-0.2, -0.15) is 0 Å². The van der Waals surface area contributed by atoms with Crippen molar-refractivity contribution in [3.8, 4) is 0 Å². The molecule has 4 heteroatoms. The van der Waals surface area contributed by atoms with E-state index in [4.69, 9.17) is 4.43 Å². The molecule has 0 aliphatic carbocycles. The minimum atomic E-state index is -2.50. The van der Waals surface area contributed by atoms with Crippen molar-refractivity contribution in [2.45, 2.75) is 32.4 Å². The van der Waals surface area contributed by atoms with Crippen LogP contribution in [0.2, 0.25) is 5.04 Å². The lowest BCUT2D eigenvalue weighted by Gasteiger charge is -2.43. The number of hydrogen-bond acceptors (Lipinski definition) is 2. The van der Waals surface area contributed by atoms with Crippen molar-refractivity contribution in [2.24, 2.45) is 0 Å². The lowest BCUT2D eigenvalue weighted by atomic mass is 10.2. The Hall–Kier alpha value is -1.75. The van der Waals surface area contributed by atoms with Crippen LogP contribution >= 0.6 is 15.9 Å². The molecule has 1 heterocycles. The number of pyridine rings is 1. The van der Waals surface area contributed by atoms with Crippen molar-refractivity contribution in [2.75, 3.05) is 0 Å². The van der Waals surface area contributed by atoms with E-state index < -0.39 is 8.32 Å². The van der Waals surface area contributed by atoms with Gasteiger partial charge >= 0.3 is 0 Å². The SMILES string of the molecule is CC(C)(C)[Si](OCc1cc(Br)ccn1)(c1ccccc1)c1ccccc1. The Morgan fingerprint density at radius 2 is 1.42 bits per heavy atom. The molecule has 0 bridgehead atoms. The van der Waals surface area contributed by atoms with E-state index in [-0.39, 0.29) is 5.04 Å². The summed E-state index contributed by atoms with van der Waals surface area (Å²) in [5.74, 6) is 0. The van der Waals surface area contributed by atoms with Crippen LogP contribution in [0.1, 0.15) is 26.5 Å². The highest BCUT2D eigenvalue weighted by atomic mass is 79.9. The van der Waals surface area contributed by atoms with Gasteiger partial charge in [-0.05, 0) is 27.5 Å². The van der Waals surface area contributed by atoms with E-state index in [1.807, 2.05) is 18.3 Å². The summed E-state index contributed by atoms with van der Waals surface area (Å²) in [4.78, 5) is 4.48. The first-order chi connectivity index (χ1) is 12.4. The zero-order valence-corrected chi connectivity index (χ0v) is 18.0. The first-order valence-corrected chi connectivity index (χ1v) is 11.5. The number of rotatable bonds is 5. The fourth-order valence-electron chi connectivity index (χ4n) is 3.47. The van der Waals surface area contributed by atoms with Crippen LogP contribution in [0.25, 0.3) is 0 Å². The molecule has 0 atom stereocenters. The number of benzene rings is 2. The van der Waals surface area contributed by atoms with Gasteiger partial charge < -0.3 is 4.43 Å². The fraction of sp³-hybridized carbons (Fsp3) is 0.227. The Balaban J connectivity index is 2.11. The quantitative estimate of drug-likeness (QED) is 0.541. The molecule has 3 aromatic rings. The van der Waals surface area contributed by atoms with E-state index in [0.29, 0.717) is 6.61 Å². The van der Waals surface area contributed by atoms with Gasteiger partial charge in [0.05, 0.1) is 12.3 Å². The molecule has 0 aliphatic rings. The van der Waals surface area contributed by atoms with Gasteiger partial charge in [0.1, 0.15) is 0 Å². The topological polar surface area (TPSA) is 22.1 Å². The van der Waals surface area contributed by atoms with Gasteiger partial charge in [0.25, 0.3) is 8.32 Å². The van der Waals surface area contributed by atoms with Gasteiger partial charge in [-0.1, -0.05) is 97.4 Å². The first kappa shape index (κ1) is 19.0. The predicted octanol–water partition coefficient (Wildman–Crippen LogP) is 4.92. The van der Waals surface area contributed by atoms with Crippen molar-refractivity contribution in [3.63, 3.8) is 0 Å². The average molecular weight is 426 g/mol. The minimum Gasteiger partial charge on any atom is -0.401 e. The third-order valence-corrected chi connectivity index (χ3v) is 10.1. The van der Waals surface area contributed by atoms with Gasteiger partial charge in [-0.25, -0.2) is 0 Å². The third kappa shape index (κ3) is 3.82. The van der Waals surface area contributed by atoms with Crippen LogP contribution in [0.5, 0.6) is 0 Å². The molecular weight excluding hydrogens is 402 g/mol. The van der Waals surface area contributed by atoms with Gasteiger partial charge in [-0.15, -0.1) is 0 Å². The molecule has 26 heavy (non-hydrogen) atoms. The first-order valence-electron chi connectivity index (χ1n) is 8.79. The summed E-state index contributed by atoms with van der Waals surface area (Å²) in [6, 6.07) is 25.3. The summed E-state index contributed by atoms with van der Waals surface area (Å²) >= 11 is 3.53. The van der Waals surface area contributed by atoms with E-state index in [0.717, 1.165) is 10.2 Å². The molecule has 134 valence electrons. The molecule has 0 amide bonds. The van der Waals surface area contributed by atoms with Crippen LogP contribution in [0, 0.1) is 0 Å². The van der Waals surface area contributed by atoms with Crippen molar-refractivity contribution in [1.82, 2.24) is 4.98 Å². The average Bonchev–Trinajstić information content (AvgIpc) is 2.63. The monoisotopic (exact) mass is 425 g/mol. The van der Waals surface area contributed by atoms with Gasteiger partial charge in [-0.3, -0.25) is 4.98 Å². The van der Waals surface area contributed by atoms with E-state index in [9.17, 15) is 0 Å². The summed E-state index contributed by atoms with van der Waals surface area (Å²) in [6.45, 7) is 7.35. The molecule has 0 spiro atoms. The van der Waals surface area contributed by atoms with Crippen LogP contribution in [0.4, 0.5) is 0 Å². The number of hydrogen-bond donors (Lipinski definition) is 0. The number of halogens is 1. The van der Waals surface area contributed by atoms with Crippen molar-refractivity contribution < 1.29 is 4.43 Å². The summed E-state index contributed by atoms with van der Waals surface area (Å²) in [5, 5.41) is 2.55. The molecule has 0 N–H and O–H groups in total. The minimum absolute atomic E-state index is 0.0261. The van der Waals surface area contributed by atoms with Gasteiger partial charge in [0.2, 0.25) is 0 Å². The highest BCUT2D eigenvalue weighted by molar-refractivity contribution is 9.10. The molecule has 0 unspecified atom stereocenters. The van der Waals surface area contributed by atoms with Gasteiger partial charge in [0, 0.05) is 10.7 Å². The Bertz CT molecular complexity index is 807. The Kier molecular flexibility index (Phi) is 5.75. The van der Waals surface area contributed by atoms with Crippen LogP contribution in [-0.4, -0.2) is 13.3 Å². The van der Waals surface area contributed by atoms with E-state index in [1.54, 1.807) is 0 Å². The van der Waals surface area contributed by atoms with Gasteiger partial charge in [0.15, 0.2) is 0 Å². The van der Waals surface area contributed by atoms with E-state index >= 15 is 0 Å². The van der Waals surface area contributed by atoms with E-state index in [2.05, 4.69) is 102 Å². The maximum absolute atomic E-state index is 6.86. The predicted molar refractivity (Wildman–Crippen MR) is 114 cm³/mol. The Morgan fingerprint density at radius 1 is 0.885 bits per heavy atom. The lowest BCUT2D eigenvalue weighted by molar-refractivity contribution is 0.281. The van der Waals surface area contributed by atoms with Crippen molar-refractivity contribution in [3.05, 3.63) is 89.2 Å². The fourth-order valence-corrected chi connectivity index (χ4v) is 8.37. The summed E-state index contributed by atoms with van der Waals surface area (Å²) in [6.07, 6.45) is 1.81.